The molecular weight excluding hydrogens is 349 g/mol. The molecule has 0 saturated carbocycles. The Bertz CT molecular complexity index is 549. The molecule has 0 amide bonds. The average Bonchev–Trinajstić information content (AvgIpc) is 2.56. The van der Waals surface area contributed by atoms with E-state index in [2.05, 4.69) is 81.1 Å². The van der Waals surface area contributed by atoms with E-state index in [0.717, 1.165) is 19.6 Å². The van der Waals surface area contributed by atoms with Gasteiger partial charge in [0.05, 0.1) is 0 Å². The first kappa shape index (κ1) is 22.0. The molecule has 138 valence electrons. The Balaban J connectivity index is 0.00000312. The topological polar surface area (TPSA) is 3.24 Å². The van der Waals surface area contributed by atoms with Crippen LogP contribution in [0.2, 0.25) is 0 Å². The summed E-state index contributed by atoms with van der Waals surface area (Å²) >= 11 is 6.02. The molecule has 0 aromatic heterocycles. The lowest BCUT2D eigenvalue weighted by atomic mass is 10.0. The zero-order valence-electron chi connectivity index (χ0n) is 15.8. The summed E-state index contributed by atoms with van der Waals surface area (Å²) in [4.78, 5) is 2.42. The summed E-state index contributed by atoms with van der Waals surface area (Å²) in [5, 5.41) is 0. The lowest BCUT2D eigenvalue weighted by molar-refractivity contribution is 0.273. The maximum atomic E-state index is 6.02. The Morgan fingerprint density at radius 2 is 1.08 bits per heavy atom. The minimum absolute atomic E-state index is 0. The predicted octanol–water partition coefficient (Wildman–Crippen LogP) is 6.60. The Kier molecular flexibility index (Phi) is 9.56. The van der Waals surface area contributed by atoms with E-state index in [4.69, 9.17) is 11.6 Å². The Morgan fingerprint density at radius 1 is 0.720 bits per heavy atom. The molecule has 2 aromatic rings. The standard InChI is InChI=1S/C22H30ClN.ClH/c1-17(2)21-9-5-19(6-10-21)15-24(14-13-23)16-20-7-11-22(12-8-20)18(3)4;/h5-12,17-18H,13-16H2,1-4H3;1H. The van der Waals surface area contributed by atoms with Gasteiger partial charge in [0, 0.05) is 25.5 Å². The quantitative estimate of drug-likeness (QED) is 0.467. The summed E-state index contributed by atoms with van der Waals surface area (Å²) in [5.41, 5.74) is 5.49. The lowest BCUT2D eigenvalue weighted by Crippen LogP contribution is -2.25. The average molecular weight is 380 g/mol. The number of hydrogen-bond acceptors (Lipinski definition) is 1. The monoisotopic (exact) mass is 379 g/mol. The van der Waals surface area contributed by atoms with Gasteiger partial charge in [-0.1, -0.05) is 76.2 Å². The van der Waals surface area contributed by atoms with Gasteiger partial charge in [-0.25, -0.2) is 0 Å². The van der Waals surface area contributed by atoms with E-state index in [1.165, 1.54) is 22.3 Å². The van der Waals surface area contributed by atoms with Gasteiger partial charge >= 0.3 is 0 Å². The van der Waals surface area contributed by atoms with Crippen molar-refractivity contribution in [3.63, 3.8) is 0 Å². The van der Waals surface area contributed by atoms with Crippen LogP contribution in [-0.2, 0) is 13.1 Å². The van der Waals surface area contributed by atoms with Gasteiger partial charge in [-0.3, -0.25) is 4.90 Å². The normalized spacial score (nSPS) is 11.2. The molecule has 0 aliphatic rings. The van der Waals surface area contributed by atoms with Crippen molar-refractivity contribution in [1.82, 2.24) is 4.90 Å². The molecule has 0 aliphatic carbocycles. The third kappa shape index (κ3) is 7.01. The Morgan fingerprint density at radius 3 is 1.36 bits per heavy atom. The van der Waals surface area contributed by atoms with Gasteiger partial charge in [0.25, 0.3) is 0 Å². The molecule has 0 aliphatic heterocycles. The van der Waals surface area contributed by atoms with E-state index in [0.29, 0.717) is 17.7 Å². The van der Waals surface area contributed by atoms with Crippen LogP contribution in [0.4, 0.5) is 0 Å². The van der Waals surface area contributed by atoms with Crippen molar-refractivity contribution in [2.45, 2.75) is 52.6 Å². The maximum Gasteiger partial charge on any atom is 0.0351 e. The molecule has 0 spiro atoms. The van der Waals surface area contributed by atoms with Crippen LogP contribution in [0, 0.1) is 0 Å². The van der Waals surface area contributed by atoms with Crippen LogP contribution in [-0.4, -0.2) is 17.3 Å². The second kappa shape index (κ2) is 10.9. The maximum absolute atomic E-state index is 6.02. The third-order valence-corrected chi connectivity index (χ3v) is 4.67. The number of nitrogens with zero attached hydrogens (tertiary/aromatic N) is 1. The molecule has 0 atom stereocenters. The van der Waals surface area contributed by atoms with Gasteiger partial charge in [0.1, 0.15) is 0 Å². The molecule has 0 unspecified atom stereocenters. The fourth-order valence-corrected chi connectivity index (χ4v) is 3.10. The summed E-state index contributed by atoms with van der Waals surface area (Å²) in [5.74, 6) is 1.82. The van der Waals surface area contributed by atoms with Gasteiger partial charge in [0.15, 0.2) is 0 Å². The van der Waals surface area contributed by atoms with Crippen molar-refractivity contribution < 1.29 is 0 Å². The van der Waals surface area contributed by atoms with Gasteiger partial charge in [-0.2, -0.15) is 0 Å². The van der Waals surface area contributed by atoms with Crippen molar-refractivity contribution in [2.24, 2.45) is 0 Å². The highest BCUT2D eigenvalue weighted by molar-refractivity contribution is 6.18. The molecule has 0 N–H and O–H groups in total. The van der Waals surface area contributed by atoms with Crippen LogP contribution in [0.25, 0.3) is 0 Å². The van der Waals surface area contributed by atoms with Crippen molar-refractivity contribution in [3.8, 4) is 0 Å². The lowest BCUT2D eigenvalue weighted by Gasteiger charge is -2.22. The molecule has 0 saturated heterocycles. The highest BCUT2D eigenvalue weighted by Gasteiger charge is 2.08. The number of rotatable bonds is 8. The summed E-state index contributed by atoms with van der Waals surface area (Å²) in [6.07, 6.45) is 0. The molecule has 0 radical (unpaired) electrons. The van der Waals surface area contributed by atoms with Crippen LogP contribution in [0.15, 0.2) is 48.5 Å². The smallest absolute Gasteiger partial charge is 0.0351 e. The van der Waals surface area contributed by atoms with E-state index < -0.39 is 0 Å². The zero-order valence-corrected chi connectivity index (χ0v) is 17.4. The molecule has 2 aromatic carbocycles. The highest BCUT2D eigenvalue weighted by atomic mass is 35.5. The summed E-state index contributed by atoms with van der Waals surface area (Å²) in [6.45, 7) is 11.7. The van der Waals surface area contributed by atoms with Gasteiger partial charge in [0.2, 0.25) is 0 Å². The molecule has 2 rings (SSSR count). The van der Waals surface area contributed by atoms with E-state index in [1.54, 1.807) is 0 Å². The van der Waals surface area contributed by atoms with E-state index in [-0.39, 0.29) is 12.4 Å². The zero-order chi connectivity index (χ0) is 17.5. The number of halogens is 2. The molecular formula is C22H31Cl2N. The second-order valence-electron chi connectivity index (χ2n) is 7.19. The van der Waals surface area contributed by atoms with Gasteiger partial charge < -0.3 is 0 Å². The fourth-order valence-electron chi connectivity index (χ4n) is 2.87. The fraction of sp³-hybridized carbons (Fsp3) is 0.455. The van der Waals surface area contributed by atoms with Gasteiger partial charge in [-0.05, 0) is 34.1 Å². The first-order valence-electron chi connectivity index (χ1n) is 8.95. The SMILES string of the molecule is CC(C)c1ccc(CN(CCCl)Cc2ccc(C(C)C)cc2)cc1.Cl. The molecule has 3 heteroatoms. The van der Waals surface area contributed by atoms with Crippen LogP contribution < -0.4 is 0 Å². The second-order valence-corrected chi connectivity index (χ2v) is 7.57. The van der Waals surface area contributed by atoms with E-state index >= 15 is 0 Å². The van der Waals surface area contributed by atoms with E-state index in [9.17, 15) is 0 Å². The molecule has 1 nitrogen and oxygen atoms in total. The number of benzene rings is 2. The summed E-state index contributed by atoms with van der Waals surface area (Å²) in [6, 6.07) is 18.0. The van der Waals surface area contributed by atoms with Crippen LogP contribution in [0.1, 0.15) is 61.8 Å². The van der Waals surface area contributed by atoms with Crippen molar-refractivity contribution in [2.75, 3.05) is 12.4 Å². The predicted molar refractivity (Wildman–Crippen MR) is 113 cm³/mol. The largest absolute Gasteiger partial charge is 0.294 e. The minimum Gasteiger partial charge on any atom is -0.294 e. The van der Waals surface area contributed by atoms with Gasteiger partial charge in [-0.15, -0.1) is 24.0 Å². The summed E-state index contributed by atoms with van der Waals surface area (Å²) < 4.78 is 0. The Labute approximate surface area is 164 Å². The molecule has 0 bridgehead atoms. The highest BCUT2D eigenvalue weighted by Crippen LogP contribution is 2.18. The minimum atomic E-state index is 0. The first-order valence-corrected chi connectivity index (χ1v) is 9.49. The summed E-state index contributed by atoms with van der Waals surface area (Å²) in [7, 11) is 0. The van der Waals surface area contributed by atoms with Crippen molar-refractivity contribution >= 4 is 24.0 Å². The van der Waals surface area contributed by atoms with Crippen molar-refractivity contribution in [3.05, 3.63) is 70.8 Å². The molecule has 25 heavy (non-hydrogen) atoms. The van der Waals surface area contributed by atoms with Crippen LogP contribution in [0.5, 0.6) is 0 Å². The Hall–Kier alpha value is -1.02. The van der Waals surface area contributed by atoms with Crippen molar-refractivity contribution in [1.29, 1.82) is 0 Å². The van der Waals surface area contributed by atoms with E-state index in [1.807, 2.05) is 0 Å². The first-order chi connectivity index (χ1) is 11.5. The molecule has 0 fully saturated rings. The third-order valence-electron chi connectivity index (χ3n) is 4.51. The number of hydrogen-bond donors (Lipinski definition) is 0. The molecule has 0 heterocycles. The number of alkyl halides is 1. The van der Waals surface area contributed by atoms with Crippen LogP contribution in [0.3, 0.4) is 0 Å². The van der Waals surface area contributed by atoms with Crippen LogP contribution >= 0.6 is 24.0 Å².